The van der Waals surface area contributed by atoms with Crippen molar-refractivity contribution in [3.05, 3.63) is 58.5 Å². The van der Waals surface area contributed by atoms with Crippen molar-refractivity contribution in [2.24, 2.45) is 5.92 Å². The maximum absolute atomic E-state index is 12.9. The van der Waals surface area contributed by atoms with E-state index in [2.05, 4.69) is 30.9 Å². The molecule has 1 saturated heterocycles. The van der Waals surface area contributed by atoms with Gasteiger partial charge in [0.25, 0.3) is 5.56 Å². The van der Waals surface area contributed by atoms with Crippen LogP contribution < -0.4 is 15.2 Å². The molecule has 1 aromatic carbocycles. The van der Waals surface area contributed by atoms with Crippen molar-refractivity contribution in [2.45, 2.75) is 46.0 Å². The van der Waals surface area contributed by atoms with Gasteiger partial charge in [-0.1, -0.05) is 26.7 Å². The number of hydrogen-bond donors (Lipinski definition) is 0. The first-order valence-corrected chi connectivity index (χ1v) is 11.0. The summed E-state index contributed by atoms with van der Waals surface area (Å²) in [5, 5.41) is 0. The first-order valence-electron chi connectivity index (χ1n) is 11.0. The Balaban J connectivity index is 1.68. The minimum absolute atomic E-state index is 0.0499. The highest BCUT2D eigenvalue weighted by Crippen LogP contribution is 2.26. The molecule has 4 rings (SSSR count). The number of benzene rings is 1. The van der Waals surface area contributed by atoms with Crippen LogP contribution in [0.1, 0.15) is 45.1 Å². The Kier molecular flexibility index (Phi) is 6.07. The molecular weight excluding hydrogens is 374 g/mol. The molecule has 3 heterocycles. The number of pyridine rings is 1. The lowest BCUT2D eigenvalue weighted by molar-refractivity contribution is 0.410. The third kappa shape index (κ3) is 4.20. The summed E-state index contributed by atoms with van der Waals surface area (Å²) >= 11 is 0. The second-order valence-corrected chi connectivity index (χ2v) is 8.35. The van der Waals surface area contributed by atoms with E-state index in [0.717, 1.165) is 48.0 Å². The van der Waals surface area contributed by atoms with Gasteiger partial charge in [-0.2, -0.15) is 0 Å². The predicted octanol–water partition coefficient (Wildman–Crippen LogP) is 4.95. The zero-order valence-electron chi connectivity index (χ0n) is 18.2. The van der Waals surface area contributed by atoms with E-state index in [1.54, 1.807) is 17.6 Å². The maximum Gasteiger partial charge on any atom is 0.258 e. The van der Waals surface area contributed by atoms with Crippen LogP contribution in [-0.4, -0.2) is 29.6 Å². The molecule has 3 aromatic rings. The fourth-order valence-electron chi connectivity index (χ4n) is 4.33. The van der Waals surface area contributed by atoms with Gasteiger partial charge in [0, 0.05) is 30.9 Å². The third-order valence-electron chi connectivity index (χ3n) is 6.23. The van der Waals surface area contributed by atoms with Crippen molar-refractivity contribution in [1.29, 1.82) is 0 Å². The van der Waals surface area contributed by atoms with Crippen LogP contribution in [0.2, 0.25) is 0 Å². The van der Waals surface area contributed by atoms with Crippen molar-refractivity contribution >= 4 is 11.3 Å². The topological polar surface area (TPSA) is 46.8 Å². The van der Waals surface area contributed by atoms with Crippen LogP contribution in [0, 0.1) is 5.92 Å². The summed E-state index contributed by atoms with van der Waals surface area (Å²) in [6, 6.07) is 11.7. The number of aromatic nitrogens is 2. The van der Waals surface area contributed by atoms with Crippen LogP contribution in [0.3, 0.4) is 0 Å². The first-order chi connectivity index (χ1) is 14.6. The van der Waals surface area contributed by atoms with Gasteiger partial charge in [-0.05, 0) is 61.1 Å². The monoisotopic (exact) mass is 405 g/mol. The molecule has 0 N–H and O–H groups in total. The van der Waals surface area contributed by atoms with E-state index >= 15 is 0 Å². The molecule has 1 aliphatic heterocycles. The van der Waals surface area contributed by atoms with E-state index in [1.165, 1.54) is 25.7 Å². The van der Waals surface area contributed by atoms with Crippen molar-refractivity contribution in [3.63, 3.8) is 0 Å². The average Bonchev–Trinajstić information content (AvgIpc) is 2.76. The van der Waals surface area contributed by atoms with Crippen molar-refractivity contribution in [1.82, 2.24) is 9.38 Å². The molecule has 2 aromatic heterocycles. The zero-order valence-corrected chi connectivity index (χ0v) is 18.2. The molecule has 0 bridgehead atoms. The molecule has 1 unspecified atom stereocenters. The van der Waals surface area contributed by atoms with Crippen molar-refractivity contribution < 1.29 is 4.74 Å². The largest absolute Gasteiger partial charge is 0.496 e. The van der Waals surface area contributed by atoms with Gasteiger partial charge in [0.2, 0.25) is 0 Å². The third-order valence-corrected chi connectivity index (χ3v) is 6.23. The second-order valence-electron chi connectivity index (χ2n) is 8.35. The van der Waals surface area contributed by atoms with E-state index < -0.39 is 0 Å². The van der Waals surface area contributed by atoms with Crippen LogP contribution in [0.5, 0.6) is 5.75 Å². The molecule has 158 valence electrons. The number of fused-ring (bicyclic) bond motifs is 1. The van der Waals surface area contributed by atoms with Gasteiger partial charge in [-0.15, -0.1) is 0 Å². The number of anilines is 1. The minimum atomic E-state index is -0.0499. The van der Waals surface area contributed by atoms with Crippen LogP contribution >= 0.6 is 0 Å². The second kappa shape index (κ2) is 8.90. The molecule has 5 heteroatoms. The molecule has 1 aliphatic rings. The van der Waals surface area contributed by atoms with Gasteiger partial charge in [-0.3, -0.25) is 9.20 Å². The highest BCUT2D eigenvalue weighted by Gasteiger charge is 2.14. The Morgan fingerprint density at radius 3 is 2.77 bits per heavy atom. The summed E-state index contributed by atoms with van der Waals surface area (Å²) in [6.45, 7) is 6.52. The van der Waals surface area contributed by atoms with Crippen LogP contribution in [-0.2, 0) is 6.42 Å². The Hall–Kier alpha value is -2.82. The SMILES string of the molecule is CCc1cc(-c2cc(=O)n3cc(N4CCCCC(C)CC4)ccc3n2)ccc1OC. The first kappa shape index (κ1) is 20.5. The van der Waals surface area contributed by atoms with Gasteiger partial charge in [0.05, 0.1) is 18.5 Å². The van der Waals surface area contributed by atoms with E-state index in [9.17, 15) is 4.79 Å². The van der Waals surface area contributed by atoms with E-state index in [1.807, 2.05) is 24.4 Å². The molecule has 0 spiro atoms. The Morgan fingerprint density at radius 2 is 1.97 bits per heavy atom. The molecule has 30 heavy (non-hydrogen) atoms. The van der Waals surface area contributed by atoms with Gasteiger partial charge < -0.3 is 9.64 Å². The van der Waals surface area contributed by atoms with Gasteiger partial charge in [0.15, 0.2) is 0 Å². The number of hydrogen-bond acceptors (Lipinski definition) is 4. The molecule has 5 nitrogen and oxygen atoms in total. The summed E-state index contributed by atoms with van der Waals surface area (Å²) in [6.07, 6.45) is 7.81. The van der Waals surface area contributed by atoms with Crippen molar-refractivity contribution in [2.75, 3.05) is 25.1 Å². The molecular formula is C25H31N3O2. The number of rotatable bonds is 4. The standard InChI is InChI=1S/C25H31N3O2/c1-4-19-15-20(8-10-23(19)30-3)22-16-25(29)28-17-21(9-11-24(28)26-22)27-13-6-5-7-18(2)12-14-27/h8-11,15-18H,4-7,12-14H2,1-3H3. The van der Waals surface area contributed by atoms with Gasteiger partial charge >= 0.3 is 0 Å². The van der Waals surface area contributed by atoms with Crippen LogP contribution in [0.25, 0.3) is 16.9 Å². The zero-order chi connectivity index (χ0) is 21.1. The van der Waals surface area contributed by atoms with Crippen LogP contribution in [0.4, 0.5) is 5.69 Å². The lowest BCUT2D eigenvalue weighted by Gasteiger charge is -2.29. The van der Waals surface area contributed by atoms with Crippen LogP contribution in [0.15, 0.2) is 47.4 Å². The lowest BCUT2D eigenvalue weighted by Crippen LogP contribution is -2.29. The number of ether oxygens (including phenoxy) is 1. The average molecular weight is 406 g/mol. The summed E-state index contributed by atoms with van der Waals surface area (Å²) in [4.78, 5) is 20.1. The van der Waals surface area contributed by atoms with E-state index in [-0.39, 0.29) is 5.56 Å². The Bertz CT molecular complexity index is 1090. The van der Waals surface area contributed by atoms with Gasteiger partial charge in [-0.25, -0.2) is 4.98 Å². The summed E-state index contributed by atoms with van der Waals surface area (Å²) in [7, 11) is 1.68. The Morgan fingerprint density at radius 1 is 1.10 bits per heavy atom. The lowest BCUT2D eigenvalue weighted by atomic mass is 9.98. The maximum atomic E-state index is 12.9. The van der Waals surface area contributed by atoms with Crippen molar-refractivity contribution in [3.8, 4) is 17.0 Å². The Labute approximate surface area is 178 Å². The molecule has 1 fully saturated rings. The fourth-order valence-corrected chi connectivity index (χ4v) is 4.33. The number of nitrogens with zero attached hydrogens (tertiary/aromatic N) is 3. The number of methoxy groups -OCH3 is 1. The summed E-state index contributed by atoms with van der Waals surface area (Å²) < 4.78 is 7.10. The van der Waals surface area contributed by atoms with Gasteiger partial charge in [0.1, 0.15) is 11.4 Å². The highest BCUT2D eigenvalue weighted by molar-refractivity contribution is 5.65. The minimum Gasteiger partial charge on any atom is -0.496 e. The molecule has 0 radical (unpaired) electrons. The highest BCUT2D eigenvalue weighted by atomic mass is 16.5. The molecule has 0 amide bonds. The smallest absolute Gasteiger partial charge is 0.258 e. The summed E-state index contributed by atoms with van der Waals surface area (Å²) in [5.74, 6) is 1.63. The van der Waals surface area contributed by atoms with E-state index in [4.69, 9.17) is 9.72 Å². The molecule has 0 saturated carbocycles. The quantitative estimate of drug-likeness (QED) is 0.616. The molecule has 1 atom stereocenters. The summed E-state index contributed by atoms with van der Waals surface area (Å²) in [5.41, 5.74) is 4.48. The normalized spacial score (nSPS) is 17.6. The predicted molar refractivity (Wildman–Crippen MR) is 123 cm³/mol. The van der Waals surface area contributed by atoms with E-state index in [0.29, 0.717) is 11.3 Å². The molecule has 0 aliphatic carbocycles. The fraction of sp³-hybridized carbons (Fsp3) is 0.440. The number of aryl methyl sites for hydroxylation is 1.